The summed E-state index contributed by atoms with van der Waals surface area (Å²) in [6.07, 6.45) is 0.835. The molecule has 0 aliphatic rings. The summed E-state index contributed by atoms with van der Waals surface area (Å²) in [4.78, 5) is 29.0. The average molecular weight is 371 g/mol. The van der Waals surface area contributed by atoms with Crippen molar-refractivity contribution in [2.24, 2.45) is 5.92 Å². The number of rotatable bonds is 5. The SMILES string of the molecule is CCn1c(=O)c(C)nc2cc(C(=O)Nc3nnc(CC(C)C)s3)ccc21. The smallest absolute Gasteiger partial charge is 0.272 e. The van der Waals surface area contributed by atoms with E-state index in [0.717, 1.165) is 16.9 Å². The molecule has 0 fully saturated rings. The van der Waals surface area contributed by atoms with Crippen molar-refractivity contribution in [1.29, 1.82) is 0 Å². The summed E-state index contributed by atoms with van der Waals surface area (Å²) in [7, 11) is 0. The quantitative estimate of drug-likeness (QED) is 0.744. The van der Waals surface area contributed by atoms with Crippen LogP contribution >= 0.6 is 11.3 Å². The lowest BCUT2D eigenvalue weighted by Gasteiger charge is -2.09. The lowest BCUT2D eigenvalue weighted by Crippen LogP contribution is -2.23. The molecule has 8 heteroatoms. The van der Waals surface area contributed by atoms with Gasteiger partial charge in [0.1, 0.15) is 10.7 Å². The minimum atomic E-state index is -0.271. The van der Waals surface area contributed by atoms with Crippen molar-refractivity contribution in [2.75, 3.05) is 5.32 Å². The first kappa shape index (κ1) is 18.2. The monoisotopic (exact) mass is 371 g/mol. The van der Waals surface area contributed by atoms with Crippen LogP contribution in [0.25, 0.3) is 11.0 Å². The van der Waals surface area contributed by atoms with E-state index in [4.69, 9.17) is 0 Å². The highest BCUT2D eigenvalue weighted by atomic mass is 32.1. The van der Waals surface area contributed by atoms with E-state index in [1.165, 1.54) is 11.3 Å². The zero-order valence-corrected chi connectivity index (χ0v) is 16.1. The molecule has 0 spiro atoms. The molecule has 0 aliphatic carbocycles. The van der Waals surface area contributed by atoms with Crippen molar-refractivity contribution >= 4 is 33.4 Å². The molecule has 2 heterocycles. The third-order valence-corrected chi connectivity index (χ3v) is 4.82. The second-order valence-corrected chi connectivity index (χ2v) is 7.57. The molecule has 0 unspecified atom stereocenters. The summed E-state index contributed by atoms with van der Waals surface area (Å²) in [6, 6.07) is 5.14. The molecule has 3 rings (SSSR count). The van der Waals surface area contributed by atoms with Crippen molar-refractivity contribution in [2.45, 2.75) is 40.7 Å². The fourth-order valence-electron chi connectivity index (χ4n) is 2.73. The lowest BCUT2D eigenvalue weighted by atomic mass is 10.1. The summed E-state index contributed by atoms with van der Waals surface area (Å²) >= 11 is 1.38. The van der Waals surface area contributed by atoms with E-state index in [-0.39, 0.29) is 11.5 Å². The molecule has 1 amide bonds. The number of benzene rings is 1. The lowest BCUT2D eigenvalue weighted by molar-refractivity contribution is 0.102. The summed E-state index contributed by atoms with van der Waals surface area (Å²) in [5.41, 5.74) is 2.11. The molecule has 0 aliphatic heterocycles. The number of hydrogen-bond acceptors (Lipinski definition) is 6. The second kappa shape index (κ2) is 7.33. The first-order chi connectivity index (χ1) is 12.4. The van der Waals surface area contributed by atoms with Crippen LogP contribution in [0.15, 0.2) is 23.0 Å². The molecule has 1 aromatic carbocycles. The van der Waals surface area contributed by atoms with Gasteiger partial charge >= 0.3 is 0 Å². The van der Waals surface area contributed by atoms with Crippen LogP contribution in [0.3, 0.4) is 0 Å². The molecule has 2 aromatic heterocycles. The Bertz CT molecular complexity index is 1020. The number of aromatic nitrogens is 4. The summed E-state index contributed by atoms with van der Waals surface area (Å²) < 4.78 is 1.66. The predicted octanol–water partition coefficient (Wildman–Crippen LogP) is 3.03. The van der Waals surface area contributed by atoms with Crippen LogP contribution in [-0.2, 0) is 13.0 Å². The second-order valence-electron chi connectivity index (χ2n) is 6.50. The Morgan fingerprint density at radius 2 is 2.08 bits per heavy atom. The van der Waals surface area contributed by atoms with E-state index >= 15 is 0 Å². The van der Waals surface area contributed by atoms with Crippen LogP contribution in [0.1, 0.15) is 41.8 Å². The van der Waals surface area contributed by atoms with Gasteiger partial charge in [0.05, 0.1) is 11.0 Å². The van der Waals surface area contributed by atoms with E-state index in [2.05, 4.69) is 34.3 Å². The van der Waals surface area contributed by atoms with Crippen LogP contribution in [0.4, 0.5) is 5.13 Å². The number of nitrogens with one attached hydrogen (secondary N) is 1. The molecule has 0 saturated heterocycles. The summed E-state index contributed by atoms with van der Waals surface area (Å²) in [5, 5.41) is 12.3. The third kappa shape index (κ3) is 3.65. The van der Waals surface area contributed by atoms with Crippen molar-refractivity contribution in [3.8, 4) is 0 Å². The van der Waals surface area contributed by atoms with Crippen molar-refractivity contribution in [3.05, 3.63) is 44.8 Å². The molecular weight excluding hydrogens is 350 g/mol. The maximum atomic E-state index is 12.5. The van der Waals surface area contributed by atoms with Gasteiger partial charge < -0.3 is 4.57 Å². The maximum Gasteiger partial charge on any atom is 0.272 e. The topological polar surface area (TPSA) is 89.8 Å². The van der Waals surface area contributed by atoms with Gasteiger partial charge in [-0.1, -0.05) is 25.2 Å². The minimum absolute atomic E-state index is 0.108. The molecule has 136 valence electrons. The molecule has 3 aromatic rings. The van der Waals surface area contributed by atoms with Crippen LogP contribution in [-0.4, -0.2) is 25.7 Å². The molecule has 0 bridgehead atoms. The molecule has 1 N–H and O–H groups in total. The summed E-state index contributed by atoms with van der Waals surface area (Å²) in [5.74, 6) is 0.213. The Morgan fingerprint density at radius 1 is 1.31 bits per heavy atom. The highest BCUT2D eigenvalue weighted by molar-refractivity contribution is 7.15. The fourth-order valence-corrected chi connectivity index (χ4v) is 3.68. The minimum Gasteiger partial charge on any atom is -0.305 e. The molecule has 7 nitrogen and oxygen atoms in total. The zero-order chi connectivity index (χ0) is 18.8. The van der Waals surface area contributed by atoms with Crippen molar-refractivity contribution in [1.82, 2.24) is 19.7 Å². The largest absolute Gasteiger partial charge is 0.305 e. The number of carbonyl (C=O) groups is 1. The summed E-state index contributed by atoms with van der Waals surface area (Å²) in [6.45, 7) is 8.36. The molecular formula is C18H21N5O2S. The van der Waals surface area contributed by atoms with E-state index in [1.54, 1.807) is 29.7 Å². The Labute approximate surface area is 155 Å². The highest BCUT2D eigenvalue weighted by Gasteiger charge is 2.14. The van der Waals surface area contributed by atoms with Crippen LogP contribution < -0.4 is 10.9 Å². The van der Waals surface area contributed by atoms with E-state index in [1.807, 2.05) is 6.92 Å². The third-order valence-electron chi connectivity index (χ3n) is 3.96. The maximum absolute atomic E-state index is 12.5. The van der Waals surface area contributed by atoms with Gasteiger partial charge in [-0.25, -0.2) is 4.98 Å². The normalized spacial score (nSPS) is 11.3. The number of fused-ring (bicyclic) bond motifs is 1. The Morgan fingerprint density at radius 3 is 2.77 bits per heavy atom. The Hall–Kier alpha value is -2.61. The van der Waals surface area contributed by atoms with Gasteiger partial charge in [-0.2, -0.15) is 0 Å². The Balaban J connectivity index is 1.88. The van der Waals surface area contributed by atoms with Crippen LogP contribution in [0, 0.1) is 12.8 Å². The first-order valence-corrected chi connectivity index (χ1v) is 9.35. The number of carbonyl (C=O) groups excluding carboxylic acids is 1. The number of aryl methyl sites for hydroxylation is 2. The Kier molecular flexibility index (Phi) is 5.13. The van der Waals surface area contributed by atoms with Crippen LogP contribution in [0.2, 0.25) is 0 Å². The van der Waals surface area contributed by atoms with Crippen molar-refractivity contribution in [3.63, 3.8) is 0 Å². The zero-order valence-electron chi connectivity index (χ0n) is 15.2. The number of amides is 1. The van der Waals surface area contributed by atoms with Crippen molar-refractivity contribution < 1.29 is 4.79 Å². The average Bonchev–Trinajstić information content (AvgIpc) is 3.01. The molecule has 0 atom stereocenters. The first-order valence-electron chi connectivity index (χ1n) is 8.54. The van der Waals surface area contributed by atoms with Gasteiger partial charge in [-0.15, -0.1) is 10.2 Å². The number of anilines is 1. The van der Waals surface area contributed by atoms with Gasteiger partial charge in [-0.05, 0) is 38.0 Å². The van der Waals surface area contributed by atoms with Crippen LogP contribution in [0.5, 0.6) is 0 Å². The van der Waals surface area contributed by atoms with E-state index < -0.39 is 0 Å². The fraction of sp³-hybridized carbons (Fsp3) is 0.389. The molecule has 26 heavy (non-hydrogen) atoms. The van der Waals surface area contributed by atoms with Gasteiger partial charge in [0, 0.05) is 18.5 Å². The highest BCUT2D eigenvalue weighted by Crippen LogP contribution is 2.20. The van der Waals surface area contributed by atoms with E-state index in [0.29, 0.717) is 34.4 Å². The van der Waals surface area contributed by atoms with Gasteiger partial charge in [0.25, 0.3) is 11.5 Å². The number of hydrogen-bond donors (Lipinski definition) is 1. The predicted molar refractivity (Wildman–Crippen MR) is 103 cm³/mol. The van der Waals surface area contributed by atoms with E-state index in [9.17, 15) is 9.59 Å². The van der Waals surface area contributed by atoms with Gasteiger partial charge in [0.15, 0.2) is 0 Å². The molecule has 0 radical (unpaired) electrons. The van der Waals surface area contributed by atoms with Gasteiger partial charge in [-0.3, -0.25) is 14.9 Å². The number of nitrogens with zero attached hydrogens (tertiary/aromatic N) is 4. The van der Waals surface area contributed by atoms with Gasteiger partial charge in [0.2, 0.25) is 5.13 Å². The standard InChI is InChI=1S/C18H21N5O2S/c1-5-23-14-7-6-12(9-13(14)19-11(4)17(23)25)16(24)20-18-22-21-15(26-18)8-10(2)3/h6-7,9-10H,5,8H2,1-4H3,(H,20,22,24). The molecule has 0 saturated carbocycles.